The smallest absolute Gasteiger partial charge is 0.399 e. The number of nitrogens with one attached hydrogen (secondary N) is 2. The maximum absolute atomic E-state index is 13.0. The minimum absolute atomic E-state index is 0.0507. The van der Waals surface area contributed by atoms with Gasteiger partial charge in [-0.3, -0.25) is 19.8 Å². The number of piperazine rings is 1. The Labute approximate surface area is 264 Å². The van der Waals surface area contributed by atoms with E-state index < -0.39 is 6.09 Å². The minimum atomic E-state index is -0.630. The number of carbonyl (C=O) groups excluding carboxylic acids is 2. The van der Waals surface area contributed by atoms with Crippen LogP contribution in [0.2, 0.25) is 5.02 Å². The molecule has 2 N–H and O–H groups in total. The monoisotopic (exact) mass is 632 g/mol. The van der Waals surface area contributed by atoms with E-state index in [0.717, 1.165) is 37.8 Å². The predicted octanol–water partition coefficient (Wildman–Crippen LogP) is 5.84. The van der Waals surface area contributed by atoms with E-state index in [2.05, 4.69) is 15.6 Å². The van der Waals surface area contributed by atoms with Crippen LogP contribution in [0, 0.1) is 0 Å². The number of likely N-dealkylation sites (N-methyl/N-ethyl adjacent to an activating group) is 2. The van der Waals surface area contributed by atoms with Crippen molar-refractivity contribution in [2.75, 3.05) is 37.8 Å². The van der Waals surface area contributed by atoms with Gasteiger partial charge in [-0.25, -0.2) is 9.78 Å². The molecule has 2 aromatic heterocycles. The van der Waals surface area contributed by atoms with Crippen LogP contribution >= 0.6 is 22.9 Å². The van der Waals surface area contributed by atoms with Crippen molar-refractivity contribution in [2.24, 2.45) is 7.05 Å². The fraction of sp³-hybridized carbons (Fsp3) is 0.312. The van der Waals surface area contributed by atoms with Gasteiger partial charge in [-0.1, -0.05) is 35.9 Å². The van der Waals surface area contributed by atoms with Gasteiger partial charge in [-0.05, 0) is 68.1 Å². The number of carbonyl (C=O) groups is 2. The first-order valence-corrected chi connectivity index (χ1v) is 15.7. The Hall–Kier alpha value is -4.19. The summed E-state index contributed by atoms with van der Waals surface area (Å²) in [4.78, 5) is 48.2. The summed E-state index contributed by atoms with van der Waals surface area (Å²) < 4.78 is 7.00. The number of ether oxygens (including phenoxy) is 1. The third-order valence-corrected chi connectivity index (χ3v) is 9.60. The summed E-state index contributed by atoms with van der Waals surface area (Å²) in [5.41, 5.74) is 3.79. The van der Waals surface area contributed by atoms with Gasteiger partial charge in [0.1, 0.15) is 6.04 Å². The molecule has 228 valence electrons. The van der Waals surface area contributed by atoms with Crippen LogP contribution in [-0.2, 0) is 24.7 Å². The third kappa shape index (κ3) is 6.08. The molecule has 0 saturated carbocycles. The van der Waals surface area contributed by atoms with Gasteiger partial charge in [0, 0.05) is 49.5 Å². The van der Waals surface area contributed by atoms with Crippen molar-refractivity contribution >= 4 is 52.1 Å². The van der Waals surface area contributed by atoms with Gasteiger partial charge in [0.15, 0.2) is 10.9 Å². The molecule has 1 saturated heterocycles. The average molecular weight is 633 g/mol. The Morgan fingerprint density at radius 1 is 1.05 bits per heavy atom. The molecular weight excluding hydrogens is 600 g/mol. The number of hydrogen-bond acceptors (Lipinski definition) is 8. The lowest BCUT2D eigenvalue weighted by molar-refractivity contribution is -0.139. The van der Waals surface area contributed by atoms with Crippen molar-refractivity contribution in [3.63, 3.8) is 0 Å². The molecule has 1 atom stereocenters. The summed E-state index contributed by atoms with van der Waals surface area (Å²) in [6.45, 7) is 1.48. The molecule has 3 heterocycles. The second-order valence-corrected chi connectivity index (χ2v) is 12.7. The number of fused-ring (bicyclic) bond motifs is 1. The van der Waals surface area contributed by atoms with E-state index in [1.807, 2.05) is 49.3 Å². The zero-order valence-electron chi connectivity index (χ0n) is 24.7. The SMILES string of the molecule is CN1CCN(C)C(c2ccc(Nc3nc(-c4cccc(NC(=O)Oc5cc6c(s5)CCCC6)c4Cl)cn(C)c3=O)cc2)C1=O. The van der Waals surface area contributed by atoms with Crippen molar-refractivity contribution in [2.45, 2.75) is 31.7 Å². The molecule has 0 spiro atoms. The van der Waals surface area contributed by atoms with Crippen LogP contribution in [0.3, 0.4) is 0 Å². The van der Waals surface area contributed by atoms with E-state index in [0.29, 0.717) is 34.2 Å². The lowest BCUT2D eigenvalue weighted by Gasteiger charge is -2.37. The van der Waals surface area contributed by atoms with E-state index in [4.69, 9.17) is 16.3 Å². The van der Waals surface area contributed by atoms with E-state index in [1.165, 1.54) is 26.3 Å². The first-order valence-electron chi connectivity index (χ1n) is 14.5. The zero-order chi connectivity index (χ0) is 31.0. The highest BCUT2D eigenvalue weighted by atomic mass is 35.5. The number of aryl methyl sites for hydroxylation is 3. The van der Waals surface area contributed by atoms with Gasteiger partial charge < -0.3 is 19.5 Å². The molecule has 4 aromatic rings. The largest absolute Gasteiger partial charge is 0.417 e. The number of anilines is 3. The first kappa shape index (κ1) is 29.9. The summed E-state index contributed by atoms with van der Waals surface area (Å²) in [6.07, 6.45) is 5.30. The summed E-state index contributed by atoms with van der Waals surface area (Å²) in [6, 6.07) is 14.2. The van der Waals surface area contributed by atoms with Gasteiger partial charge >= 0.3 is 6.09 Å². The zero-order valence-corrected chi connectivity index (χ0v) is 26.3. The van der Waals surface area contributed by atoms with Crippen molar-refractivity contribution in [1.29, 1.82) is 0 Å². The predicted molar refractivity (Wildman–Crippen MR) is 173 cm³/mol. The molecule has 0 radical (unpaired) electrons. The Balaban J connectivity index is 1.20. The molecule has 1 unspecified atom stereocenters. The van der Waals surface area contributed by atoms with Crippen molar-refractivity contribution in [3.05, 3.63) is 86.1 Å². The molecule has 0 bridgehead atoms. The fourth-order valence-electron chi connectivity index (χ4n) is 5.61. The van der Waals surface area contributed by atoms with E-state index >= 15 is 0 Å². The molecular formula is C32H33ClN6O4S. The fourth-order valence-corrected chi connectivity index (χ4v) is 6.98. The van der Waals surface area contributed by atoms with Crippen LogP contribution in [0.25, 0.3) is 11.3 Å². The second-order valence-electron chi connectivity index (χ2n) is 11.2. The highest BCUT2D eigenvalue weighted by molar-refractivity contribution is 7.14. The summed E-state index contributed by atoms with van der Waals surface area (Å²) in [5.74, 6) is 0.161. The van der Waals surface area contributed by atoms with Crippen molar-refractivity contribution < 1.29 is 14.3 Å². The number of aromatic nitrogens is 2. The maximum atomic E-state index is 13.0. The molecule has 2 amide bonds. The van der Waals surface area contributed by atoms with Crippen LogP contribution < -0.4 is 20.9 Å². The number of rotatable bonds is 6. The van der Waals surface area contributed by atoms with Gasteiger partial charge in [-0.2, -0.15) is 0 Å². The molecule has 44 heavy (non-hydrogen) atoms. The van der Waals surface area contributed by atoms with Gasteiger partial charge in [0.25, 0.3) is 5.56 Å². The summed E-state index contributed by atoms with van der Waals surface area (Å²) >= 11 is 8.26. The third-order valence-electron chi connectivity index (χ3n) is 8.08. The van der Waals surface area contributed by atoms with E-state index in [9.17, 15) is 14.4 Å². The Bertz CT molecular complexity index is 1760. The summed E-state index contributed by atoms with van der Waals surface area (Å²) in [5, 5.41) is 6.69. The highest BCUT2D eigenvalue weighted by Crippen LogP contribution is 2.36. The molecule has 2 aromatic carbocycles. The number of benzene rings is 2. The van der Waals surface area contributed by atoms with E-state index in [1.54, 1.807) is 36.3 Å². The normalized spacial score (nSPS) is 16.9. The number of halogens is 1. The van der Waals surface area contributed by atoms with Crippen molar-refractivity contribution in [3.8, 4) is 16.3 Å². The quantitative estimate of drug-likeness (QED) is 0.275. The van der Waals surface area contributed by atoms with Crippen LogP contribution in [0.1, 0.15) is 34.9 Å². The Kier molecular flexibility index (Phi) is 8.44. The average Bonchev–Trinajstić information content (AvgIpc) is 3.41. The Morgan fingerprint density at radius 3 is 2.59 bits per heavy atom. The standard InChI is InChI=1S/C32H33ClN6O4S/c1-37-15-16-38(2)30(40)28(37)19-11-13-21(14-12-19)34-29-31(41)39(3)18-24(35-29)22-8-6-9-23(27(22)33)36-32(42)43-26-17-20-7-4-5-10-25(20)44-26/h6,8-9,11-14,17-18,28H,4-5,7,10,15-16H2,1-3H3,(H,34,35)(H,36,42). The molecule has 12 heteroatoms. The van der Waals surface area contributed by atoms with Crippen LogP contribution in [0.5, 0.6) is 5.06 Å². The van der Waals surface area contributed by atoms with Crippen LogP contribution in [0.4, 0.5) is 22.0 Å². The van der Waals surface area contributed by atoms with Gasteiger partial charge in [0.2, 0.25) is 5.91 Å². The number of thiophene rings is 1. The number of hydrogen-bond donors (Lipinski definition) is 2. The molecule has 10 nitrogen and oxygen atoms in total. The second kappa shape index (κ2) is 12.4. The van der Waals surface area contributed by atoms with Crippen LogP contribution in [-0.4, -0.2) is 58.5 Å². The lowest BCUT2D eigenvalue weighted by atomic mass is 10.00. The Morgan fingerprint density at radius 2 is 1.82 bits per heavy atom. The molecule has 1 fully saturated rings. The van der Waals surface area contributed by atoms with Gasteiger partial charge in [0.05, 0.1) is 16.4 Å². The van der Waals surface area contributed by atoms with Gasteiger partial charge in [-0.15, -0.1) is 11.3 Å². The highest BCUT2D eigenvalue weighted by Gasteiger charge is 2.32. The topological polar surface area (TPSA) is 109 Å². The van der Waals surface area contributed by atoms with E-state index in [-0.39, 0.29) is 28.3 Å². The first-order chi connectivity index (χ1) is 21.2. The molecule has 1 aliphatic carbocycles. The molecule has 6 rings (SSSR count). The molecule has 1 aliphatic heterocycles. The lowest BCUT2D eigenvalue weighted by Crippen LogP contribution is -2.48. The van der Waals surface area contributed by atoms with Crippen LogP contribution in [0.15, 0.2) is 59.5 Å². The minimum Gasteiger partial charge on any atom is -0.399 e. The summed E-state index contributed by atoms with van der Waals surface area (Å²) in [7, 11) is 5.39. The maximum Gasteiger partial charge on any atom is 0.417 e. The van der Waals surface area contributed by atoms with Crippen molar-refractivity contribution in [1.82, 2.24) is 19.4 Å². The number of nitrogens with zero attached hydrogens (tertiary/aromatic N) is 4. The molecule has 2 aliphatic rings. The number of amides is 2.